The van der Waals surface area contributed by atoms with Gasteiger partial charge >= 0.3 is 5.97 Å². The van der Waals surface area contributed by atoms with Crippen LogP contribution >= 0.6 is 0 Å². The molecule has 0 aromatic rings. The molecule has 8 N–H and O–H groups in total. The number of Topliss-reactive ketones (excluding diaryl/α,β-unsaturated/α-hetero) is 2. The minimum Gasteiger partial charge on any atom is -0.463 e. The first-order chi connectivity index (χ1) is 28.8. The number of rotatable bonds is 18. The van der Waals surface area contributed by atoms with Crippen LogP contribution < -0.4 is 32.3 Å². The number of carbonyl (C=O) groups is 3. The van der Waals surface area contributed by atoms with Crippen molar-refractivity contribution in [2.75, 3.05) is 46.6 Å². The van der Waals surface area contributed by atoms with Crippen LogP contribution in [0.15, 0.2) is 23.3 Å². The van der Waals surface area contributed by atoms with Crippen molar-refractivity contribution in [3.63, 3.8) is 0 Å². The number of carbonyl (C=O) groups excluding carboxylic acids is 3. The molecule has 4 aliphatic carbocycles. The fourth-order valence-corrected chi connectivity index (χ4v) is 13.1. The fraction of sp³-hybridized carbons (Fsp3) is 0.854. The molecular formula is C48H80N6O6. The van der Waals surface area contributed by atoms with Crippen LogP contribution in [-0.4, -0.2) is 98.8 Å². The average molecular weight is 837 g/mol. The van der Waals surface area contributed by atoms with Crippen molar-refractivity contribution in [1.82, 2.24) is 26.6 Å². The average Bonchev–Trinajstić information content (AvgIpc) is 3.94. The number of piperidine rings is 2. The molecular weight excluding hydrogens is 757 g/mol. The van der Waals surface area contributed by atoms with Gasteiger partial charge in [-0.3, -0.25) is 14.9 Å². The highest BCUT2D eigenvalue weighted by Crippen LogP contribution is 2.64. The topological polar surface area (TPSA) is 179 Å². The molecule has 0 spiro atoms. The maximum absolute atomic E-state index is 15.4. The summed E-state index contributed by atoms with van der Waals surface area (Å²) in [5, 5.41) is 28.3. The number of ketones is 2. The van der Waals surface area contributed by atoms with Crippen LogP contribution in [0, 0.1) is 52.8 Å². The van der Waals surface area contributed by atoms with Crippen molar-refractivity contribution in [3.8, 4) is 0 Å². The van der Waals surface area contributed by atoms with Gasteiger partial charge in [0.15, 0.2) is 17.2 Å². The molecule has 6 fully saturated rings. The molecule has 7 unspecified atom stereocenters. The lowest BCUT2D eigenvalue weighted by Crippen LogP contribution is -2.60. The van der Waals surface area contributed by atoms with E-state index in [0.717, 1.165) is 122 Å². The minimum atomic E-state index is -1.98. The summed E-state index contributed by atoms with van der Waals surface area (Å²) in [5.74, 6) is 0.00924. The Kier molecular flexibility index (Phi) is 15.2. The van der Waals surface area contributed by atoms with Crippen molar-refractivity contribution in [3.05, 3.63) is 23.3 Å². The second-order valence-corrected chi connectivity index (χ2v) is 21.0. The summed E-state index contributed by atoms with van der Waals surface area (Å²) in [6, 6.07) is 0.197. The van der Waals surface area contributed by atoms with E-state index in [1.807, 2.05) is 14.0 Å². The zero-order valence-corrected chi connectivity index (χ0v) is 37.6. The normalized spacial score (nSPS) is 39.6. The Hall–Kier alpha value is -2.03. The summed E-state index contributed by atoms with van der Waals surface area (Å²) in [6.45, 7) is 12.1. The minimum absolute atomic E-state index is 0.0281. The highest BCUT2D eigenvalue weighted by atomic mass is 16.7. The van der Waals surface area contributed by atoms with Crippen LogP contribution in [0.2, 0.25) is 0 Å². The number of ether oxygens (including phenoxy) is 2. The molecule has 13 atom stereocenters. The van der Waals surface area contributed by atoms with E-state index in [-0.39, 0.29) is 66.8 Å². The first kappa shape index (κ1) is 46.0. The molecule has 12 heteroatoms. The van der Waals surface area contributed by atoms with Gasteiger partial charge in [0.2, 0.25) is 0 Å². The number of aliphatic hydroxyl groups excluding tert-OH is 1. The smallest absolute Gasteiger partial charge is 0.350 e. The summed E-state index contributed by atoms with van der Waals surface area (Å²) >= 11 is 0. The molecule has 3 heterocycles. The van der Waals surface area contributed by atoms with E-state index in [2.05, 4.69) is 59.5 Å². The first-order valence-corrected chi connectivity index (χ1v) is 24.1. The van der Waals surface area contributed by atoms with E-state index in [1.54, 1.807) is 0 Å². The number of nitrogens with two attached hydrogens (primary N) is 1. The molecule has 12 nitrogen and oxygen atoms in total. The summed E-state index contributed by atoms with van der Waals surface area (Å²) in [6.07, 6.45) is 19.2. The Morgan fingerprint density at radius 2 is 1.85 bits per heavy atom. The van der Waals surface area contributed by atoms with Gasteiger partial charge in [-0.15, -0.1) is 0 Å². The predicted molar refractivity (Wildman–Crippen MR) is 234 cm³/mol. The number of aliphatic hydroxyl groups is 1. The second kappa shape index (κ2) is 19.8. The lowest BCUT2D eigenvalue weighted by atomic mass is 9.55. The maximum atomic E-state index is 15.4. The maximum Gasteiger partial charge on any atom is 0.350 e. The van der Waals surface area contributed by atoms with E-state index < -0.39 is 29.0 Å². The Bertz CT molecular complexity index is 1580. The van der Waals surface area contributed by atoms with Gasteiger partial charge in [-0.1, -0.05) is 44.9 Å². The van der Waals surface area contributed by atoms with Gasteiger partial charge in [-0.25, -0.2) is 4.79 Å². The molecule has 0 amide bonds. The Labute approximate surface area is 360 Å². The zero-order chi connectivity index (χ0) is 42.7. The number of epoxide rings is 1. The standard InChI is InChI=1S/C48H80N6O6/c1-6-51-39-22-34-11-8-7-10-33(34)21-36(39)28-59-45(58)48-44(57)42-35(24-46(3,4)23-32-16-17-40(49)53-26-32)12-9-13-38(42)43(56)47(48,60-48)25-37(27-55)30(2)14-15-31-18-19-52-41(20-31)54-29-50-5/h8,11,31-36,38-42,50-55H,6-7,9-10,12-29,49H2,1-5H3/t31?,32?,33-,34-,35?,36+,38?,39+,40?,41?,42?,47-,48-/m0/s1. The lowest BCUT2D eigenvalue weighted by Gasteiger charge is -2.45. The van der Waals surface area contributed by atoms with Crippen LogP contribution in [0.5, 0.6) is 0 Å². The molecule has 0 aromatic carbocycles. The highest BCUT2D eigenvalue weighted by Gasteiger charge is 2.87. The van der Waals surface area contributed by atoms with Gasteiger partial charge in [0.05, 0.1) is 25.5 Å². The van der Waals surface area contributed by atoms with Gasteiger partial charge in [-0.05, 0) is 164 Å². The van der Waals surface area contributed by atoms with Crippen molar-refractivity contribution < 1.29 is 29.0 Å². The molecule has 3 saturated carbocycles. The summed E-state index contributed by atoms with van der Waals surface area (Å²) in [5.41, 5.74) is 4.18. The monoisotopic (exact) mass is 837 g/mol. The van der Waals surface area contributed by atoms with Gasteiger partial charge in [-0.2, -0.15) is 0 Å². The van der Waals surface area contributed by atoms with Gasteiger partial charge < -0.3 is 41.6 Å². The Balaban J connectivity index is 1.12. The molecule has 60 heavy (non-hydrogen) atoms. The third-order valence-corrected chi connectivity index (χ3v) is 16.3. The van der Waals surface area contributed by atoms with Gasteiger partial charge in [0.25, 0.3) is 5.60 Å². The molecule has 0 bridgehead atoms. The summed E-state index contributed by atoms with van der Waals surface area (Å²) in [7, 11) is 1.93. The third-order valence-electron chi connectivity index (χ3n) is 16.3. The van der Waals surface area contributed by atoms with Gasteiger partial charge in [0, 0.05) is 36.9 Å². The van der Waals surface area contributed by atoms with E-state index in [1.165, 1.54) is 0 Å². The molecule has 7 rings (SSSR count). The van der Waals surface area contributed by atoms with Crippen molar-refractivity contribution in [2.45, 2.75) is 160 Å². The molecule has 338 valence electrons. The Morgan fingerprint density at radius 1 is 1.02 bits per heavy atom. The van der Waals surface area contributed by atoms with Gasteiger partial charge in [0.1, 0.15) is 0 Å². The molecule has 3 saturated heterocycles. The third kappa shape index (κ3) is 9.71. The largest absolute Gasteiger partial charge is 0.463 e. The quantitative estimate of drug-likeness (QED) is 0.0329. The highest BCUT2D eigenvalue weighted by molar-refractivity contribution is 6.23. The lowest BCUT2D eigenvalue weighted by molar-refractivity contribution is -0.161. The van der Waals surface area contributed by atoms with E-state index in [4.69, 9.17) is 15.2 Å². The first-order valence-electron chi connectivity index (χ1n) is 24.1. The van der Waals surface area contributed by atoms with Crippen molar-refractivity contribution in [2.24, 2.45) is 58.5 Å². The van der Waals surface area contributed by atoms with E-state index >= 15 is 9.59 Å². The van der Waals surface area contributed by atoms with Crippen LogP contribution in [0.4, 0.5) is 0 Å². The number of fused-ring (bicyclic) bond motifs is 3. The summed E-state index contributed by atoms with van der Waals surface area (Å²) in [4.78, 5) is 45.5. The number of hydrogen-bond acceptors (Lipinski definition) is 12. The van der Waals surface area contributed by atoms with Crippen molar-refractivity contribution >= 4 is 17.5 Å². The Morgan fingerprint density at radius 3 is 2.60 bits per heavy atom. The second-order valence-electron chi connectivity index (χ2n) is 21.0. The van der Waals surface area contributed by atoms with Crippen LogP contribution in [0.1, 0.15) is 130 Å². The number of esters is 1. The molecule has 7 aliphatic rings. The zero-order valence-electron chi connectivity index (χ0n) is 37.6. The van der Waals surface area contributed by atoms with Crippen LogP contribution in [0.25, 0.3) is 0 Å². The number of hydrogen-bond donors (Lipinski definition) is 7. The van der Waals surface area contributed by atoms with Crippen LogP contribution in [0.3, 0.4) is 0 Å². The molecule has 3 aliphatic heterocycles. The van der Waals surface area contributed by atoms with Crippen molar-refractivity contribution in [1.29, 1.82) is 0 Å². The molecule has 0 radical (unpaired) electrons. The number of nitrogens with one attached hydrogen (secondary N) is 5. The number of allylic oxidation sites excluding steroid dienone is 3. The molecule has 0 aromatic heterocycles. The van der Waals surface area contributed by atoms with Crippen LogP contribution in [-0.2, 0) is 23.9 Å². The SMILES string of the molecule is CCN[C@@H]1C[C@@H]2C=CCC[C@H]2C[C@@H]1COC(=O)[C@]12O[C@@]1(CC(CO)=C(C)CCC1CCNC(NCNC)C1)C(=O)C1CCCC(CC(C)(C)CC3CCC(N)NC3)C1C2=O. The summed E-state index contributed by atoms with van der Waals surface area (Å²) < 4.78 is 12.9. The fourth-order valence-electron chi connectivity index (χ4n) is 13.1. The predicted octanol–water partition coefficient (Wildman–Crippen LogP) is 4.85. The van der Waals surface area contributed by atoms with E-state index in [9.17, 15) is 9.90 Å². The van der Waals surface area contributed by atoms with E-state index in [0.29, 0.717) is 35.7 Å².